The van der Waals surface area contributed by atoms with Crippen molar-refractivity contribution in [3.63, 3.8) is 0 Å². The zero-order chi connectivity index (χ0) is 15.0. The zero-order valence-corrected chi connectivity index (χ0v) is 12.5. The highest BCUT2D eigenvalue weighted by atomic mass is 35.5. The van der Waals surface area contributed by atoms with Gasteiger partial charge in [-0.1, -0.05) is 35.3 Å². The topological polar surface area (TPSA) is 74.9 Å². The van der Waals surface area contributed by atoms with Gasteiger partial charge in [0.05, 0.1) is 27.1 Å². The molecular formula is C15H13Cl2N3O. The number of nitrogens with two attached hydrogens (primary N) is 1. The maximum Gasteiger partial charge on any atom is 0.124 e. The number of aromatic hydroxyl groups is 1. The van der Waals surface area contributed by atoms with Gasteiger partial charge in [0.1, 0.15) is 11.6 Å². The molecule has 1 aromatic heterocycles. The molecule has 0 fully saturated rings. The first-order chi connectivity index (χ1) is 10.0. The van der Waals surface area contributed by atoms with Crippen LogP contribution in [0.1, 0.15) is 17.4 Å². The lowest BCUT2D eigenvalue weighted by molar-refractivity contribution is 0.475. The summed E-state index contributed by atoms with van der Waals surface area (Å²) in [6.07, 6.45) is 0.613. The molecule has 2 aromatic carbocycles. The van der Waals surface area contributed by atoms with Gasteiger partial charge in [0.15, 0.2) is 0 Å². The number of aromatic nitrogens is 2. The van der Waals surface area contributed by atoms with Crippen molar-refractivity contribution in [3.8, 4) is 5.75 Å². The van der Waals surface area contributed by atoms with Gasteiger partial charge < -0.3 is 15.8 Å². The van der Waals surface area contributed by atoms with E-state index in [4.69, 9.17) is 28.9 Å². The summed E-state index contributed by atoms with van der Waals surface area (Å²) >= 11 is 12.0. The van der Waals surface area contributed by atoms with Gasteiger partial charge in [-0.05, 0) is 36.2 Å². The Kier molecular flexibility index (Phi) is 3.76. The fourth-order valence-electron chi connectivity index (χ4n) is 2.18. The van der Waals surface area contributed by atoms with Gasteiger partial charge in [-0.15, -0.1) is 0 Å². The van der Waals surface area contributed by atoms with Crippen molar-refractivity contribution in [3.05, 3.63) is 57.8 Å². The molecule has 21 heavy (non-hydrogen) atoms. The van der Waals surface area contributed by atoms with Gasteiger partial charge in [-0.3, -0.25) is 0 Å². The second-order valence-corrected chi connectivity index (χ2v) is 5.70. The molecule has 4 N–H and O–H groups in total. The summed E-state index contributed by atoms with van der Waals surface area (Å²) in [5.41, 5.74) is 8.75. The molecule has 0 saturated carbocycles. The van der Waals surface area contributed by atoms with Gasteiger partial charge in [0.2, 0.25) is 0 Å². The molecule has 4 nitrogen and oxygen atoms in total. The number of nitrogens with one attached hydrogen (secondary N) is 1. The number of fused-ring (bicyclic) bond motifs is 1. The lowest BCUT2D eigenvalue weighted by atomic mass is 10.1. The number of rotatable bonds is 3. The number of imidazole rings is 1. The van der Waals surface area contributed by atoms with Crippen LogP contribution in [0.4, 0.5) is 0 Å². The van der Waals surface area contributed by atoms with E-state index >= 15 is 0 Å². The van der Waals surface area contributed by atoms with Crippen molar-refractivity contribution in [2.75, 3.05) is 0 Å². The van der Waals surface area contributed by atoms with Crippen LogP contribution in [-0.4, -0.2) is 15.1 Å². The first-order valence-electron chi connectivity index (χ1n) is 6.41. The van der Waals surface area contributed by atoms with Crippen LogP contribution in [0, 0.1) is 0 Å². The summed E-state index contributed by atoms with van der Waals surface area (Å²) in [4.78, 5) is 7.62. The lowest BCUT2D eigenvalue weighted by Crippen LogP contribution is -2.14. The lowest BCUT2D eigenvalue weighted by Gasteiger charge is -2.08. The first kappa shape index (κ1) is 14.2. The third kappa shape index (κ3) is 2.97. The van der Waals surface area contributed by atoms with Gasteiger partial charge in [-0.25, -0.2) is 4.98 Å². The number of H-pyrrole nitrogens is 1. The highest BCUT2D eigenvalue weighted by Crippen LogP contribution is 2.27. The van der Waals surface area contributed by atoms with E-state index in [0.717, 1.165) is 16.6 Å². The van der Waals surface area contributed by atoms with E-state index in [-0.39, 0.29) is 11.8 Å². The van der Waals surface area contributed by atoms with E-state index in [1.165, 1.54) is 0 Å². The maximum absolute atomic E-state index is 9.28. The highest BCUT2D eigenvalue weighted by Gasteiger charge is 2.13. The van der Waals surface area contributed by atoms with Crippen LogP contribution >= 0.6 is 23.2 Å². The van der Waals surface area contributed by atoms with Crippen LogP contribution in [0.3, 0.4) is 0 Å². The van der Waals surface area contributed by atoms with E-state index in [1.54, 1.807) is 24.3 Å². The summed E-state index contributed by atoms with van der Waals surface area (Å²) in [7, 11) is 0. The standard InChI is InChI=1S/C15H13Cl2N3O/c16-10-6-13-14(7-11(10)17)20-15(19-13)12(18)5-8-1-3-9(21)4-2-8/h1-4,6-7,12,21H,5,18H2,(H,19,20). The van der Waals surface area contributed by atoms with Crippen LogP contribution < -0.4 is 5.73 Å². The van der Waals surface area contributed by atoms with Crippen molar-refractivity contribution in [2.45, 2.75) is 12.5 Å². The monoisotopic (exact) mass is 321 g/mol. The molecule has 1 unspecified atom stereocenters. The third-order valence-electron chi connectivity index (χ3n) is 3.29. The normalized spacial score (nSPS) is 12.7. The van der Waals surface area contributed by atoms with Gasteiger partial charge in [0.25, 0.3) is 0 Å². The highest BCUT2D eigenvalue weighted by molar-refractivity contribution is 6.42. The van der Waals surface area contributed by atoms with Gasteiger partial charge >= 0.3 is 0 Å². The van der Waals surface area contributed by atoms with Crippen LogP contribution in [0.25, 0.3) is 11.0 Å². The Hall–Kier alpha value is -1.75. The fourth-order valence-corrected chi connectivity index (χ4v) is 2.50. The Morgan fingerprint density at radius 2 is 1.81 bits per heavy atom. The summed E-state index contributed by atoms with van der Waals surface area (Å²) in [5, 5.41) is 10.2. The molecule has 3 rings (SSSR count). The SMILES string of the molecule is NC(Cc1ccc(O)cc1)c1nc2cc(Cl)c(Cl)cc2[nH]1. The Morgan fingerprint density at radius 3 is 2.52 bits per heavy atom. The Balaban J connectivity index is 1.87. The maximum atomic E-state index is 9.28. The minimum Gasteiger partial charge on any atom is -0.508 e. The number of phenolic OH excluding ortho intramolecular Hbond substituents is 1. The van der Waals surface area contributed by atoms with Crippen molar-refractivity contribution >= 4 is 34.2 Å². The van der Waals surface area contributed by atoms with Crippen molar-refractivity contribution < 1.29 is 5.11 Å². The van der Waals surface area contributed by atoms with Crippen molar-refractivity contribution in [1.29, 1.82) is 0 Å². The van der Waals surface area contributed by atoms with E-state index in [9.17, 15) is 5.11 Å². The van der Waals surface area contributed by atoms with E-state index in [0.29, 0.717) is 22.3 Å². The number of nitrogens with zero attached hydrogens (tertiary/aromatic N) is 1. The van der Waals surface area contributed by atoms with E-state index in [2.05, 4.69) is 9.97 Å². The molecule has 3 aromatic rings. The number of hydrogen-bond donors (Lipinski definition) is 3. The molecule has 0 radical (unpaired) electrons. The van der Waals surface area contributed by atoms with Gasteiger partial charge in [0, 0.05) is 0 Å². The van der Waals surface area contributed by atoms with Crippen LogP contribution in [-0.2, 0) is 6.42 Å². The summed E-state index contributed by atoms with van der Waals surface area (Å²) < 4.78 is 0. The van der Waals surface area contributed by atoms with E-state index in [1.807, 2.05) is 12.1 Å². The first-order valence-corrected chi connectivity index (χ1v) is 7.16. The predicted octanol–water partition coefficient (Wildman–Crippen LogP) is 3.82. The number of phenols is 1. The third-order valence-corrected chi connectivity index (χ3v) is 4.01. The van der Waals surface area contributed by atoms with Crippen molar-refractivity contribution in [2.24, 2.45) is 5.73 Å². The average Bonchev–Trinajstić information content (AvgIpc) is 2.85. The number of aromatic amines is 1. The summed E-state index contributed by atoms with van der Waals surface area (Å²) in [6, 6.07) is 10.1. The smallest absolute Gasteiger partial charge is 0.124 e. The molecule has 1 atom stereocenters. The van der Waals surface area contributed by atoms with E-state index < -0.39 is 0 Å². The Morgan fingerprint density at radius 1 is 1.14 bits per heavy atom. The number of halogens is 2. The van der Waals surface area contributed by atoms with Gasteiger partial charge in [-0.2, -0.15) is 0 Å². The molecule has 0 bridgehead atoms. The quantitative estimate of drug-likeness (QED) is 0.686. The van der Waals surface area contributed by atoms with Crippen LogP contribution in [0.15, 0.2) is 36.4 Å². The van der Waals surface area contributed by atoms with Crippen LogP contribution in [0.2, 0.25) is 10.0 Å². The summed E-state index contributed by atoms with van der Waals surface area (Å²) in [5.74, 6) is 0.914. The molecule has 108 valence electrons. The Bertz CT molecular complexity index is 744. The van der Waals surface area contributed by atoms with Crippen molar-refractivity contribution in [1.82, 2.24) is 9.97 Å². The minimum atomic E-state index is -0.278. The molecular weight excluding hydrogens is 309 g/mol. The second-order valence-electron chi connectivity index (χ2n) is 4.88. The second kappa shape index (κ2) is 5.56. The molecule has 0 aliphatic heterocycles. The zero-order valence-electron chi connectivity index (χ0n) is 11.0. The average molecular weight is 322 g/mol. The molecule has 0 spiro atoms. The number of benzene rings is 2. The molecule has 0 amide bonds. The molecule has 0 saturated heterocycles. The summed E-state index contributed by atoms with van der Waals surface area (Å²) in [6.45, 7) is 0. The molecule has 6 heteroatoms. The Labute approximate surface area is 131 Å². The predicted molar refractivity (Wildman–Crippen MR) is 84.9 cm³/mol. The molecule has 0 aliphatic carbocycles. The largest absolute Gasteiger partial charge is 0.508 e. The number of hydrogen-bond acceptors (Lipinski definition) is 3. The molecule has 0 aliphatic rings. The fraction of sp³-hybridized carbons (Fsp3) is 0.133. The molecule has 1 heterocycles. The van der Waals surface area contributed by atoms with Crippen LogP contribution in [0.5, 0.6) is 5.75 Å². The minimum absolute atomic E-state index is 0.236.